The third kappa shape index (κ3) is 5.65. The monoisotopic (exact) mass is 499 g/mol. The van der Waals surface area contributed by atoms with Gasteiger partial charge in [-0.15, -0.1) is 24.0 Å². The Labute approximate surface area is 183 Å². The molecule has 1 aromatic carbocycles. The van der Waals surface area contributed by atoms with Gasteiger partial charge in [-0.2, -0.15) is 0 Å². The van der Waals surface area contributed by atoms with E-state index in [-0.39, 0.29) is 24.0 Å². The molecule has 7 heteroatoms. The summed E-state index contributed by atoms with van der Waals surface area (Å²) in [5, 5.41) is 4.21. The molecule has 0 atom stereocenters. The normalized spacial score (nSPS) is 13.6. The van der Waals surface area contributed by atoms with Crippen molar-refractivity contribution in [1.82, 2.24) is 14.8 Å². The largest absolute Gasteiger partial charge is 0.364 e. The van der Waals surface area contributed by atoms with Crippen molar-refractivity contribution >= 4 is 47.2 Å². The number of aliphatic imine (C=N–C) groups is 1. The summed E-state index contributed by atoms with van der Waals surface area (Å²) in [5.41, 5.74) is 3.64. The molecule has 0 spiro atoms. The van der Waals surface area contributed by atoms with Crippen LogP contribution in [0, 0.1) is 0 Å². The van der Waals surface area contributed by atoms with Crippen LogP contribution in [0.1, 0.15) is 11.3 Å². The Morgan fingerprint density at radius 3 is 2.63 bits per heavy atom. The minimum atomic E-state index is 0. The van der Waals surface area contributed by atoms with Crippen LogP contribution in [0.15, 0.2) is 53.7 Å². The van der Waals surface area contributed by atoms with E-state index in [0.29, 0.717) is 0 Å². The van der Waals surface area contributed by atoms with E-state index in [0.717, 1.165) is 42.9 Å². The van der Waals surface area contributed by atoms with Crippen molar-refractivity contribution in [3.05, 3.63) is 65.0 Å². The summed E-state index contributed by atoms with van der Waals surface area (Å²) < 4.78 is 2.04. The van der Waals surface area contributed by atoms with E-state index in [9.17, 15) is 0 Å². The van der Waals surface area contributed by atoms with Crippen LogP contribution in [0.4, 0.5) is 5.69 Å². The minimum absolute atomic E-state index is 0. The lowest BCUT2D eigenvalue weighted by molar-refractivity contribution is 0.461. The summed E-state index contributed by atoms with van der Waals surface area (Å²) in [7, 11) is 5.84. The van der Waals surface area contributed by atoms with Crippen LogP contribution in [0.25, 0.3) is 0 Å². The van der Waals surface area contributed by atoms with Crippen molar-refractivity contribution in [3.8, 4) is 0 Å². The predicted molar refractivity (Wildman–Crippen MR) is 125 cm³/mol. The maximum atomic E-state index is 6.08. The summed E-state index contributed by atoms with van der Waals surface area (Å²) in [4.78, 5) is 8.85. The van der Waals surface area contributed by atoms with Crippen molar-refractivity contribution in [2.75, 3.05) is 32.1 Å². The first-order valence-corrected chi connectivity index (χ1v) is 9.16. The second-order valence-electron chi connectivity index (χ2n) is 6.56. The molecule has 0 radical (unpaired) electrons. The van der Waals surface area contributed by atoms with E-state index < -0.39 is 0 Å². The zero-order valence-electron chi connectivity index (χ0n) is 16.0. The highest BCUT2D eigenvalue weighted by atomic mass is 127. The minimum Gasteiger partial charge on any atom is -0.364 e. The number of anilines is 1. The smallest absolute Gasteiger partial charge is 0.194 e. The fourth-order valence-corrected chi connectivity index (χ4v) is 3.43. The maximum absolute atomic E-state index is 6.08. The van der Waals surface area contributed by atoms with E-state index >= 15 is 0 Å². The van der Waals surface area contributed by atoms with Gasteiger partial charge in [-0.1, -0.05) is 35.9 Å². The molecule has 27 heavy (non-hydrogen) atoms. The Kier molecular flexibility index (Phi) is 8.04. The maximum Gasteiger partial charge on any atom is 0.194 e. The molecule has 0 aliphatic carbocycles. The van der Waals surface area contributed by atoms with E-state index in [2.05, 4.69) is 56.5 Å². The lowest BCUT2D eigenvalue weighted by atomic mass is 10.2. The molecule has 0 amide bonds. The summed E-state index contributed by atoms with van der Waals surface area (Å²) in [6.45, 7) is 3.45. The van der Waals surface area contributed by atoms with Crippen LogP contribution in [0.3, 0.4) is 0 Å². The van der Waals surface area contributed by atoms with Crippen LogP contribution in [0.5, 0.6) is 0 Å². The third-order valence-electron chi connectivity index (χ3n) is 4.59. The molecule has 0 unspecified atom stereocenters. The molecule has 2 heterocycles. The van der Waals surface area contributed by atoms with Crippen molar-refractivity contribution in [3.63, 3.8) is 0 Å². The van der Waals surface area contributed by atoms with Crippen LogP contribution in [0.2, 0.25) is 5.02 Å². The first-order valence-electron chi connectivity index (χ1n) is 8.78. The molecule has 0 bridgehead atoms. The number of halogens is 2. The molecule has 0 saturated carbocycles. The molecule has 5 nitrogen and oxygen atoms in total. The zero-order chi connectivity index (χ0) is 18.5. The summed E-state index contributed by atoms with van der Waals surface area (Å²) in [6.07, 6.45) is 6.33. The number of rotatable bonds is 5. The van der Waals surface area contributed by atoms with Crippen LogP contribution >= 0.6 is 35.6 Å². The van der Waals surface area contributed by atoms with Gasteiger partial charge in [0.15, 0.2) is 5.96 Å². The average molecular weight is 500 g/mol. The molecular weight excluding hydrogens is 473 g/mol. The van der Waals surface area contributed by atoms with E-state index in [4.69, 9.17) is 11.6 Å². The molecular formula is C20H27ClIN5. The number of benzene rings is 1. The number of hydrogen-bond acceptors (Lipinski definition) is 2. The van der Waals surface area contributed by atoms with Gasteiger partial charge in [-0.25, -0.2) is 0 Å². The second kappa shape index (κ2) is 10.0. The summed E-state index contributed by atoms with van der Waals surface area (Å²) >= 11 is 6.08. The first-order chi connectivity index (χ1) is 12.6. The first kappa shape index (κ1) is 21.6. The standard InChI is InChI=1S/C20H26ClN5.HI/c1-22-20(25(3)15-19-12-17(21)14-24(19)2)23-13-16-7-6-8-18(11-16)26-9-4-5-10-26;/h4-8,11-12,14H,9-10,13,15H2,1-3H3,(H,22,23);1H. The Morgan fingerprint density at radius 2 is 2.00 bits per heavy atom. The number of aryl methyl sites for hydroxylation is 1. The lowest BCUT2D eigenvalue weighted by Gasteiger charge is -2.23. The van der Waals surface area contributed by atoms with Crippen LogP contribution in [-0.2, 0) is 20.1 Å². The molecule has 3 rings (SSSR count). The molecule has 146 valence electrons. The second-order valence-corrected chi connectivity index (χ2v) is 7.00. The SMILES string of the molecule is CN=C(NCc1cccc(N2CC=CC2)c1)N(C)Cc1cc(Cl)cn1C.I. The Morgan fingerprint density at radius 1 is 1.26 bits per heavy atom. The lowest BCUT2D eigenvalue weighted by Crippen LogP contribution is -2.38. The fourth-order valence-electron chi connectivity index (χ4n) is 3.16. The zero-order valence-corrected chi connectivity index (χ0v) is 19.1. The highest BCUT2D eigenvalue weighted by molar-refractivity contribution is 14.0. The van der Waals surface area contributed by atoms with Gasteiger partial charge in [0.1, 0.15) is 0 Å². The van der Waals surface area contributed by atoms with Gasteiger partial charge >= 0.3 is 0 Å². The predicted octanol–water partition coefficient (Wildman–Crippen LogP) is 3.88. The quantitative estimate of drug-likeness (QED) is 0.294. The number of nitrogens with one attached hydrogen (secondary N) is 1. The summed E-state index contributed by atoms with van der Waals surface area (Å²) in [5.74, 6) is 0.857. The van der Waals surface area contributed by atoms with Gasteiger partial charge in [-0.05, 0) is 23.8 Å². The average Bonchev–Trinajstić information content (AvgIpc) is 3.26. The molecule has 1 aliphatic heterocycles. The number of aromatic nitrogens is 1. The topological polar surface area (TPSA) is 35.8 Å². The summed E-state index contributed by atoms with van der Waals surface area (Å²) in [6, 6.07) is 10.6. The Bertz CT molecular complexity index is 806. The van der Waals surface area contributed by atoms with Gasteiger partial charge in [0.25, 0.3) is 0 Å². The molecule has 0 saturated heterocycles. The van der Waals surface area contributed by atoms with Crippen LogP contribution in [-0.4, -0.2) is 42.6 Å². The third-order valence-corrected chi connectivity index (χ3v) is 4.80. The number of hydrogen-bond donors (Lipinski definition) is 1. The molecule has 2 aromatic rings. The van der Waals surface area contributed by atoms with E-state index in [1.165, 1.54) is 11.3 Å². The highest BCUT2D eigenvalue weighted by Gasteiger charge is 2.11. The van der Waals surface area contributed by atoms with Gasteiger partial charge < -0.3 is 19.7 Å². The van der Waals surface area contributed by atoms with Gasteiger partial charge in [0.2, 0.25) is 0 Å². The number of nitrogens with zero attached hydrogens (tertiary/aromatic N) is 4. The Balaban J connectivity index is 0.00000261. The van der Waals surface area contributed by atoms with Crippen molar-refractivity contribution in [2.24, 2.45) is 12.0 Å². The van der Waals surface area contributed by atoms with Gasteiger partial charge in [0, 0.05) is 58.4 Å². The van der Waals surface area contributed by atoms with Gasteiger partial charge in [-0.3, -0.25) is 4.99 Å². The Hall–Kier alpha value is -1.67. The van der Waals surface area contributed by atoms with Crippen molar-refractivity contribution in [1.29, 1.82) is 0 Å². The highest BCUT2D eigenvalue weighted by Crippen LogP contribution is 2.18. The molecule has 1 aromatic heterocycles. The van der Waals surface area contributed by atoms with E-state index in [1.807, 2.05) is 38.0 Å². The van der Waals surface area contributed by atoms with Gasteiger partial charge in [0.05, 0.1) is 11.6 Å². The van der Waals surface area contributed by atoms with Crippen molar-refractivity contribution in [2.45, 2.75) is 13.1 Å². The van der Waals surface area contributed by atoms with Crippen LogP contribution < -0.4 is 10.2 Å². The fraction of sp³-hybridized carbons (Fsp3) is 0.350. The molecule has 1 N–H and O–H groups in total. The van der Waals surface area contributed by atoms with Crippen molar-refractivity contribution < 1.29 is 0 Å². The number of guanidine groups is 1. The molecule has 0 fully saturated rings. The molecule has 1 aliphatic rings. The van der Waals surface area contributed by atoms with E-state index in [1.54, 1.807) is 0 Å².